The molecule has 0 heterocycles. The van der Waals surface area contributed by atoms with E-state index in [1.54, 1.807) is 25.1 Å². The number of benzene rings is 1. The Hall–Kier alpha value is -1.88. The Morgan fingerprint density at radius 2 is 1.94 bits per heavy atom. The lowest BCUT2D eigenvalue weighted by Gasteiger charge is -2.11. The second kappa shape index (κ2) is 5.45. The minimum absolute atomic E-state index is 0.125. The zero-order chi connectivity index (χ0) is 13.0. The zero-order valence-corrected chi connectivity index (χ0v) is 10.2. The van der Waals surface area contributed by atoms with Gasteiger partial charge in [-0.3, -0.25) is 9.59 Å². The van der Waals surface area contributed by atoms with Gasteiger partial charge in [0.25, 0.3) is 0 Å². The Morgan fingerprint density at radius 1 is 1.29 bits per heavy atom. The second-order valence-electron chi connectivity index (χ2n) is 3.99. The van der Waals surface area contributed by atoms with Crippen molar-refractivity contribution in [2.45, 2.75) is 26.8 Å². The molecule has 4 N–H and O–H groups in total. The van der Waals surface area contributed by atoms with Gasteiger partial charge in [-0.2, -0.15) is 0 Å². The molecule has 0 saturated heterocycles. The molecule has 5 heteroatoms. The maximum Gasteiger partial charge on any atom is 0.240 e. The fourth-order valence-electron chi connectivity index (χ4n) is 1.33. The van der Waals surface area contributed by atoms with Crippen molar-refractivity contribution in [2.75, 3.05) is 10.6 Å². The Bertz CT molecular complexity index is 441. The normalized spacial score (nSPS) is 11.8. The van der Waals surface area contributed by atoms with Gasteiger partial charge in [-0.1, -0.05) is 0 Å². The molecule has 1 rings (SSSR count). The maximum absolute atomic E-state index is 11.4. The van der Waals surface area contributed by atoms with Crippen LogP contribution >= 0.6 is 0 Å². The van der Waals surface area contributed by atoms with Gasteiger partial charge in [-0.25, -0.2) is 0 Å². The summed E-state index contributed by atoms with van der Waals surface area (Å²) in [5.74, 6) is -0.364. The fourth-order valence-corrected chi connectivity index (χ4v) is 1.33. The molecule has 0 fully saturated rings. The summed E-state index contributed by atoms with van der Waals surface area (Å²) in [4.78, 5) is 22.3. The molecule has 1 aromatic rings. The quantitative estimate of drug-likeness (QED) is 0.737. The lowest BCUT2D eigenvalue weighted by atomic mass is 10.1. The van der Waals surface area contributed by atoms with Gasteiger partial charge in [-0.05, 0) is 37.6 Å². The number of amides is 2. The number of anilines is 2. The van der Waals surface area contributed by atoms with Crippen molar-refractivity contribution < 1.29 is 9.59 Å². The van der Waals surface area contributed by atoms with Gasteiger partial charge in [0.1, 0.15) is 0 Å². The van der Waals surface area contributed by atoms with Crippen LogP contribution in [0.25, 0.3) is 0 Å². The van der Waals surface area contributed by atoms with Crippen LogP contribution in [0, 0.1) is 6.92 Å². The molecule has 0 aliphatic carbocycles. The molecular formula is C12H17N3O2. The number of carbonyl (C=O) groups excluding carboxylic acids is 2. The van der Waals surface area contributed by atoms with Crippen molar-refractivity contribution in [3.63, 3.8) is 0 Å². The topological polar surface area (TPSA) is 84.2 Å². The Balaban J connectivity index is 2.82. The first kappa shape index (κ1) is 13.2. The Labute approximate surface area is 100 Å². The van der Waals surface area contributed by atoms with E-state index in [9.17, 15) is 9.59 Å². The Kier molecular flexibility index (Phi) is 4.23. The first-order valence-corrected chi connectivity index (χ1v) is 5.35. The first-order chi connectivity index (χ1) is 7.90. The van der Waals surface area contributed by atoms with Crippen LogP contribution in [0.3, 0.4) is 0 Å². The summed E-state index contributed by atoms with van der Waals surface area (Å²) in [7, 11) is 0. The fraction of sp³-hybridized carbons (Fsp3) is 0.333. The summed E-state index contributed by atoms with van der Waals surface area (Å²) in [6.45, 7) is 4.92. The summed E-state index contributed by atoms with van der Waals surface area (Å²) < 4.78 is 0. The highest BCUT2D eigenvalue weighted by molar-refractivity contribution is 5.95. The molecule has 1 atom stereocenters. The van der Waals surface area contributed by atoms with Crippen LogP contribution in [0.1, 0.15) is 19.4 Å². The molecule has 0 radical (unpaired) electrons. The predicted octanol–water partition coefficient (Wildman–Crippen LogP) is 1.24. The third-order valence-corrected chi connectivity index (χ3v) is 2.22. The van der Waals surface area contributed by atoms with Crippen molar-refractivity contribution in [3.05, 3.63) is 23.8 Å². The van der Waals surface area contributed by atoms with Crippen LogP contribution in [-0.2, 0) is 9.59 Å². The monoisotopic (exact) mass is 235 g/mol. The highest BCUT2D eigenvalue weighted by atomic mass is 16.2. The van der Waals surface area contributed by atoms with Crippen molar-refractivity contribution >= 4 is 23.2 Å². The number of hydrogen-bond acceptors (Lipinski definition) is 3. The third-order valence-electron chi connectivity index (χ3n) is 2.22. The molecule has 0 aliphatic rings. The molecule has 0 aliphatic heterocycles. The number of nitrogens with two attached hydrogens (primary N) is 1. The van der Waals surface area contributed by atoms with E-state index in [1.165, 1.54) is 6.92 Å². The largest absolute Gasteiger partial charge is 0.326 e. The zero-order valence-electron chi connectivity index (χ0n) is 10.2. The van der Waals surface area contributed by atoms with Crippen LogP contribution < -0.4 is 16.4 Å². The number of hydrogen-bond donors (Lipinski definition) is 3. The summed E-state index contributed by atoms with van der Waals surface area (Å²) in [5.41, 5.74) is 7.72. The molecule has 5 nitrogen and oxygen atoms in total. The van der Waals surface area contributed by atoms with Crippen molar-refractivity contribution in [1.29, 1.82) is 0 Å². The van der Waals surface area contributed by atoms with Crippen LogP contribution in [0.4, 0.5) is 11.4 Å². The summed E-state index contributed by atoms with van der Waals surface area (Å²) in [6.07, 6.45) is 0. The molecule has 92 valence electrons. The first-order valence-electron chi connectivity index (χ1n) is 5.35. The third kappa shape index (κ3) is 3.88. The standard InChI is InChI=1S/C12H17N3O2/c1-7-6-10(15-12(17)8(2)13)4-5-11(7)14-9(3)16/h4-6,8H,13H2,1-3H3,(H,14,16)(H,15,17). The summed E-state index contributed by atoms with van der Waals surface area (Å²) >= 11 is 0. The molecule has 0 spiro atoms. The van der Waals surface area contributed by atoms with E-state index in [0.29, 0.717) is 5.69 Å². The second-order valence-corrected chi connectivity index (χ2v) is 3.99. The van der Waals surface area contributed by atoms with Crippen molar-refractivity contribution in [1.82, 2.24) is 0 Å². The van der Waals surface area contributed by atoms with Gasteiger partial charge >= 0.3 is 0 Å². The molecule has 1 aromatic carbocycles. The lowest BCUT2D eigenvalue weighted by molar-refractivity contribution is -0.117. The number of aryl methyl sites for hydroxylation is 1. The average Bonchev–Trinajstić information content (AvgIpc) is 2.21. The van der Waals surface area contributed by atoms with Crippen LogP contribution in [-0.4, -0.2) is 17.9 Å². The van der Waals surface area contributed by atoms with E-state index in [1.807, 2.05) is 6.92 Å². The molecule has 17 heavy (non-hydrogen) atoms. The van der Waals surface area contributed by atoms with E-state index in [2.05, 4.69) is 10.6 Å². The van der Waals surface area contributed by atoms with Crippen LogP contribution in [0.5, 0.6) is 0 Å². The molecule has 0 aromatic heterocycles. The predicted molar refractivity (Wildman–Crippen MR) is 67.8 cm³/mol. The van der Waals surface area contributed by atoms with Crippen molar-refractivity contribution in [3.8, 4) is 0 Å². The maximum atomic E-state index is 11.4. The van der Waals surface area contributed by atoms with E-state index in [4.69, 9.17) is 5.73 Å². The average molecular weight is 235 g/mol. The number of rotatable bonds is 3. The smallest absolute Gasteiger partial charge is 0.240 e. The highest BCUT2D eigenvalue weighted by Crippen LogP contribution is 2.19. The number of carbonyl (C=O) groups is 2. The van der Waals surface area contributed by atoms with E-state index < -0.39 is 6.04 Å². The van der Waals surface area contributed by atoms with Gasteiger partial charge in [0.15, 0.2) is 0 Å². The van der Waals surface area contributed by atoms with Crippen LogP contribution in [0.15, 0.2) is 18.2 Å². The molecular weight excluding hydrogens is 218 g/mol. The highest BCUT2D eigenvalue weighted by Gasteiger charge is 2.08. The molecule has 0 saturated carbocycles. The molecule has 0 bridgehead atoms. The minimum atomic E-state index is -0.551. The SMILES string of the molecule is CC(=O)Nc1ccc(NC(=O)C(C)N)cc1C. The van der Waals surface area contributed by atoms with Gasteiger partial charge in [-0.15, -0.1) is 0 Å². The minimum Gasteiger partial charge on any atom is -0.326 e. The Morgan fingerprint density at radius 3 is 2.41 bits per heavy atom. The van der Waals surface area contributed by atoms with E-state index >= 15 is 0 Å². The van der Waals surface area contributed by atoms with Gasteiger partial charge in [0, 0.05) is 18.3 Å². The van der Waals surface area contributed by atoms with Crippen molar-refractivity contribution in [2.24, 2.45) is 5.73 Å². The van der Waals surface area contributed by atoms with Crippen LogP contribution in [0.2, 0.25) is 0 Å². The molecule has 1 unspecified atom stereocenters. The van der Waals surface area contributed by atoms with Gasteiger partial charge in [0.05, 0.1) is 6.04 Å². The molecule has 2 amide bonds. The van der Waals surface area contributed by atoms with Gasteiger partial charge < -0.3 is 16.4 Å². The number of nitrogens with one attached hydrogen (secondary N) is 2. The lowest BCUT2D eigenvalue weighted by Crippen LogP contribution is -2.32. The summed E-state index contributed by atoms with van der Waals surface area (Å²) in [5, 5.41) is 5.39. The summed E-state index contributed by atoms with van der Waals surface area (Å²) in [6, 6.07) is 4.70. The van der Waals surface area contributed by atoms with E-state index in [0.717, 1.165) is 11.3 Å². The van der Waals surface area contributed by atoms with E-state index in [-0.39, 0.29) is 11.8 Å². The van der Waals surface area contributed by atoms with Gasteiger partial charge in [0.2, 0.25) is 11.8 Å².